The van der Waals surface area contributed by atoms with Crippen molar-refractivity contribution in [3.63, 3.8) is 0 Å². The molecular weight excluding hydrogens is 260 g/mol. The van der Waals surface area contributed by atoms with E-state index in [1.165, 1.54) is 0 Å². The van der Waals surface area contributed by atoms with E-state index in [1.807, 2.05) is 51.1 Å². The van der Waals surface area contributed by atoms with Crippen LogP contribution < -0.4 is 11.5 Å². The van der Waals surface area contributed by atoms with Crippen molar-refractivity contribution in [3.05, 3.63) is 47.2 Å². The summed E-state index contributed by atoms with van der Waals surface area (Å²) in [4.78, 5) is 0. The second-order valence-electron chi connectivity index (χ2n) is 3.70. The molecule has 1 aromatic heterocycles. The first-order valence-corrected chi connectivity index (χ1v) is 6.50. The van der Waals surface area contributed by atoms with E-state index < -0.39 is 0 Å². The number of H-pyrrole nitrogens is 1. The predicted molar refractivity (Wildman–Crippen MR) is 82.4 cm³/mol. The summed E-state index contributed by atoms with van der Waals surface area (Å²) in [5.41, 5.74) is 14.6. The molecule has 1 heterocycles. The van der Waals surface area contributed by atoms with Gasteiger partial charge in [0.2, 0.25) is 0 Å². The summed E-state index contributed by atoms with van der Waals surface area (Å²) >= 11 is 6.26. The zero-order chi connectivity index (χ0) is 14.4. The van der Waals surface area contributed by atoms with Crippen molar-refractivity contribution >= 4 is 28.1 Å². The van der Waals surface area contributed by atoms with E-state index in [1.54, 1.807) is 0 Å². The lowest BCUT2D eigenvalue weighted by molar-refractivity contribution is 1.05. The Labute approximate surface area is 118 Å². The third kappa shape index (κ3) is 3.29. The number of aryl methyl sites for hydroxylation is 1. The quantitative estimate of drug-likeness (QED) is 0.788. The zero-order valence-electron chi connectivity index (χ0n) is 11.4. The first kappa shape index (κ1) is 15.1. The Morgan fingerprint density at radius 2 is 1.79 bits per heavy atom. The number of hydrogen-bond acceptors (Lipinski definition) is 3. The van der Waals surface area contributed by atoms with Crippen molar-refractivity contribution in [2.24, 2.45) is 5.73 Å². The molecule has 0 atom stereocenters. The number of nitrogens with zero attached hydrogens (tertiary/aromatic N) is 1. The highest BCUT2D eigenvalue weighted by Crippen LogP contribution is 2.31. The monoisotopic (exact) mass is 278 g/mol. The lowest BCUT2D eigenvalue weighted by atomic mass is 10.1. The highest BCUT2D eigenvalue weighted by atomic mass is 35.5. The molecule has 0 bridgehead atoms. The van der Waals surface area contributed by atoms with E-state index in [2.05, 4.69) is 10.2 Å². The first-order chi connectivity index (χ1) is 9.11. The molecule has 0 unspecified atom stereocenters. The molecule has 2 aromatic rings. The van der Waals surface area contributed by atoms with Crippen LogP contribution in [0, 0.1) is 6.92 Å². The highest BCUT2D eigenvalue weighted by molar-refractivity contribution is 6.53. The SMILES string of the molecule is CC.Cc1[nH]nc(N)c1/C(Cl)=C(\N)c1ccccc1. The molecule has 2 rings (SSSR count). The molecule has 0 saturated carbocycles. The van der Waals surface area contributed by atoms with Crippen molar-refractivity contribution in [3.8, 4) is 0 Å². The minimum absolute atomic E-state index is 0.353. The van der Waals surface area contributed by atoms with Crippen LogP contribution in [0.25, 0.3) is 10.7 Å². The normalized spacial score (nSPS) is 11.4. The van der Waals surface area contributed by atoms with Gasteiger partial charge in [-0.25, -0.2) is 0 Å². The van der Waals surface area contributed by atoms with Crippen molar-refractivity contribution in [1.82, 2.24) is 10.2 Å². The number of aromatic nitrogens is 2. The third-order valence-corrected chi connectivity index (χ3v) is 2.91. The van der Waals surface area contributed by atoms with Crippen LogP contribution in [0.1, 0.15) is 30.7 Å². The Morgan fingerprint density at radius 3 is 2.26 bits per heavy atom. The molecular formula is C14H19ClN4. The van der Waals surface area contributed by atoms with Gasteiger partial charge in [-0.05, 0) is 12.5 Å². The summed E-state index contributed by atoms with van der Waals surface area (Å²) in [5.74, 6) is 0.353. The molecule has 1 aromatic carbocycles. The second kappa shape index (κ2) is 6.85. The fourth-order valence-corrected chi connectivity index (χ4v) is 1.95. The molecule has 19 heavy (non-hydrogen) atoms. The summed E-state index contributed by atoms with van der Waals surface area (Å²) in [7, 11) is 0. The third-order valence-electron chi connectivity index (χ3n) is 2.52. The van der Waals surface area contributed by atoms with Gasteiger partial charge >= 0.3 is 0 Å². The Balaban J connectivity index is 0.000000861. The number of benzene rings is 1. The lowest BCUT2D eigenvalue weighted by Gasteiger charge is -2.06. The summed E-state index contributed by atoms with van der Waals surface area (Å²) in [5, 5.41) is 7.08. The maximum atomic E-state index is 6.26. The maximum Gasteiger partial charge on any atom is 0.154 e. The summed E-state index contributed by atoms with van der Waals surface area (Å²) < 4.78 is 0. The molecule has 5 N–H and O–H groups in total. The van der Waals surface area contributed by atoms with Crippen LogP contribution in [0.15, 0.2) is 30.3 Å². The number of rotatable bonds is 2. The molecule has 4 nitrogen and oxygen atoms in total. The predicted octanol–water partition coefficient (Wildman–Crippen LogP) is 3.35. The van der Waals surface area contributed by atoms with E-state index >= 15 is 0 Å². The van der Waals surface area contributed by atoms with Gasteiger partial charge in [-0.2, -0.15) is 5.10 Å². The van der Waals surface area contributed by atoms with Crippen molar-refractivity contribution < 1.29 is 0 Å². The standard InChI is InChI=1S/C12H13ClN4.C2H6/c1-7-9(12(15)17-16-7)10(13)11(14)8-5-3-2-4-6-8;1-2/h2-6H,14H2,1H3,(H3,15,16,17);1-2H3/b11-10+;. The number of anilines is 1. The molecule has 0 saturated heterocycles. The van der Waals surface area contributed by atoms with Crippen molar-refractivity contribution in [2.75, 3.05) is 5.73 Å². The van der Waals surface area contributed by atoms with E-state index in [4.69, 9.17) is 23.1 Å². The number of nitrogens with one attached hydrogen (secondary N) is 1. The van der Waals surface area contributed by atoms with Crippen LogP contribution in [-0.4, -0.2) is 10.2 Å². The topological polar surface area (TPSA) is 80.7 Å². The Kier molecular flexibility index (Phi) is 5.45. The van der Waals surface area contributed by atoms with Gasteiger partial charge in [-0.15, -0.1) is 0 Å². The molecule has 0 fully saturated rings. The van der Waals surface area contributed by atoms with Gasteiger partial charge < -0.3 is 11.5 Å². The van der Waals surface area contributed by atoms with Crippen LogP contribution in [0.2, 0.25) is 0 Å². The minimum Gasteiger partial charge on any atom is -0.397 e. The van der Waals surface area contributed by atoms with Crippen LogP contribution in [0.3, 0.4) is 0 Å². The maximum absolute atomic E-state index is 6.26. The average Bonchev–Trinajstić information content (AvgIpc) is 2.80. The molecule has 0 spiro atoms. The van der Waals surface area contributed by atoms with Gasteiger partial charge in [-0.1, -0.05) is 55.8 Å². The Morgan fingerprint density at radius 1 is 1.21 bits per heavy atom. The zero-order valence-corrected chi connectivity index (χ0v) is 12.1. The van der Waals surface area contributed by atoms with E-state index in [0.717, 1.165) is 11.3 Å². The lowest BCUT2D eigenvalue weighted by Crippen LogP contribution is -2.00. The summed E-state index contributed by atoms with van der Waals surface area (Å²) in [6.07, 6.45) is 0. The van der Waals surface area contributed by atoms with Crippen LogP contribution in [0.4, 0.5) is 5.82 Å². The molecule has 5 heteroatoms. The summed E-state index contributed by atoms with van der Waals surface area (Å²) in [6.45, 7) is 5.85. The Hall–Kier alpha value is -1.94. The highest BCUT2D eigenvalue weighted by Gasteiger charge is 2.14. The fraction of sp³-hybridized carbons (Fsp3) is 0.214. The van der Waals surface area contributed by atoms with Gasteiger partial charge in [0.15, 0.2) is 5.82 Å². The van der Waals surface area contributed by atoms with Crippen LogP contribution >= 0.6 is 11.6 Å². The fourth-order valence-electron chi connectivity index (χ4n) is 1.60. The van der Waals surface area contributed by atoms with Gasteiger partial charge in [0.1, 0.15) is 0 Å². The molecule has 0 radical (unpaired) electrons. The first-order valence-electron chi connectivity index (χ1n) is 6.12. The van der Waals surface area contributed by atoms with E-state index in [9.17, 15) is 0 Å². The number of nitrogens with two attached hydrogens (primary N) is 2. The smallest absolute Gasteiger partial charge is 0.154 e. The largest absolute Gasteiger partial charge is 0.397 e. The van der Waals surface area contributed by atoms with E-state index in [-0.39, 0.29) is 0 Å². The minimum atomic E-state index is 0.353. The van der Waals surface area contributed by atoms with Gasteiger partial charge in [-0.3, -0.25) is 5.10 Å². The number of halogens is 1. The van der Waals surface area contributed by atoms with Crippen molar-refractivity contribution in [1.29, 1.82) is 0 Å². The molecule has 0 aliphatic heterocycles. The van der Waals surface area contributed by atoms with E-state index in [0.29, 0.717) is 22.1 Å². The number of aromatic amines is 1. The summed E-state index contributed by atoms with van der Waals surface area (Å²) in [6, 6.07) is 9.50. The number of nitrogen functional groups attached to an aromatic ring is 1. The van der Waals surface area contributed by atoms with Crippen LogP contribution in [-0.2, 0) is 0 Å². The average molecular weight is 279 g/mol. The second-order valence-corrected chi connectivity index (χ2v) is 4.08. The molecule has 102 valence electrons. The van der Waals surface area contributed by atoms with Crippen LogP contribution in [0.5, 0.6) is 0 Å². The van der Waals surface area contributed by atoms with Gasteiger partial charge in [0.25, 0.3) is 0 Å². The Bertz CT molecular complexity index is 539. The van der Waals surface area contributed by atoms with Gasteiger partial charge in [0.05, 0.1) is 16.3 Å². The molecule has 0 aliphatic rings. The molecule has 0 aliphatic carbocycles. The molecule has 0 amide bonds. The van der Waals surface area contributed by atoms with Crippen molar-refractivity contribution in [2.45, 2.75) is 20.8 Å². The number of hydrogen-bond donors (Lipinski definition) is 3. The van der Waals surface area contributed by atoms with Gasteiger partial charge in [0, 0.05) is 5.69 Å².